The summed E-state index contributed by atoms with van der Waals surface area (Å²) in [5.74, 6) is 0.206. The van der Waals surface area contributed by atoms with Crippen molar-refractivity contribution >= 4 is 7.82 Å². The maximum atomic E-state index is 12.3. The van der Waals surface area contributed by atoms with Crippen molar-refractivity contribution in [2.24, 2.45) is 5.92 Å². The molecule has 0 saturated carbocycles. The molecule has 0 fully saturated rings. The van der Waals surface area contributed by atoms with Crippen LogP contribution >= 0.6 is 7.82 Å². The van der Waals surface area contributed by atoms with Gasteiger partial charge < -0.3 is 9.79 Å². The molecule has 0 aliphatic rings. The van der Waals surface area contributed by atoms with Crippen molar-refractivity contribution in [2.75, 3.05) is 32.8 Å². The highest BCUT2D eigenvalue weighted by atomic mass is 31.2. The lowest BCUT2D eigenvalue weighted by Gasteiger charge is -2.26. The Labute approximate surface area is 219 Å². The average Bonchev–Trinajstić information content (AvgIpc) is 2.83. The van der Waals surface area contributed by atoms with E-state index in [-0.39, 0.29) is 12.5 Å². The SMILES string of the molecule is CCCCCCCCCOP(=O)(O)OCC(C)CN(CCCCCCCC)CCCCCCCC. The summed E-state index contributed by atoms with van der Waals surface area (Å²) in [6.07, 6.45) is 23.8. The van der Waals surface area contributed by atoms with Crippen LogP contribution in [-0.4, -0.2) is 42.6 Å². The zero-order chi connectivity index (χ0) is 26.0. The fourth-order valence-corrected chi connectivity index (χ4v) is 5.39. The Kier molecular flexibility index (Phi) is 25.8. The fraction of sp³-hybridized carbons (Fsp3) is 1.00. The van der Waals surface area contributed by atoms with Crippen LogP contribution in [0.25, 0.3) is 0 Å². The zero-order valence-electron chi connectivity index (χ0n) is 24.1. The lowest BCUT2D eigenvalue weighted by Crippen LogP contribution is -2.32. The fourth-order valence-electron chi connectivity index (χ4n) is 4.52. The highest BCUT2D eigenvalue weighted by Gasteiger charge is 2.22. The Morgan fingerprint density at radius 3 is 1.49 bits per heavy atom. The molecule has 0 aliphatic heterocycles. The van der Waals surface area contributed by atoms with Crippen LogP contribution in [0.3, 0.4) is 0 Å². The van der Waals surface area contributed by atoms with Crippen molar-refractivity contribution < 1.29 is 18.5 Å². The molecule has 212 valence electrons. The maximum Gasteiger partial charge on any atom is 0.472 e. The van der Waals surface area contributed by atoms with Gasteiger partial charge in [0.2, 0.25) is 0 Å². The Morgan fingerprint density at radius 1 is 0.629 bits per heavy atom. The van der Waals surface area contributed by atoms with Crippen LogP contribution in [0.5, 0.6) is 0 Å². The van der Waals surface area contributed by atoms with Gasteiger partial charge in [-0.3, -0.25) is 9.05 Å². The topological polar surface area (TPSA) is 59.0 Å². The van der Waals surface area contributed by atoms with Gasteiger partial charge in [0, 0.05) is 6.54 Å². The number of hydrogen-bond acceptors (Lipinski definition) is 4. The molecule has 0 amide bonds. The smallest absolute Gasteiger partial charge is 0.303 e. The van der Waals surface area contributed by atoms with Gasteiger partial charge in [-0.15, -0.1) is 0 Å². The van der Waals surface area contributed by atoms with Crippen LogP contribution in [0.2, 0.25) is 0 Å². The van der Waals surface area contributed by atoms with Gasteiger partial charge in [-0.2, -0.15) is 0 Å². The van der Waals surface area contributed by atoms with Crippen molar-refractivity contribution in [3.8, 4) is 0 Å². The second kappa shape index (κ2) is 25.7. The molecule has 0 rings (SSSR count). The average molecular weight is 520 g/mol. The summed E-state index contributed by atoms with van der Waals surface area (Å²) in [5.41, 5.74) is 0. The van der Waals surface area contributed by atoms with E-state index in [2.05, 4.69) is 32.6 Å². The first-order valence-electron chi connectivity index (χ1n) is 15.3. The molecule has 0 aliphatic carbocycles. The predicted octanol–water partition coefficient (Wildman–Crippen LogP) is 9.53. The van der Waals surface area contributed by atoms with Gasteiger partial charge in [-0.05, 0) is 38.3 Å². The van der Waals surface area contributed by atoms with Crippen LogP contribution in [0.15, 0.2) is 0 Å². The zero-order valence-corrected chi connectivity index (χ0v) is 25.0. The molecular formula is C29H62NO4P. The molecule has 2 unspecified atom stereocenters. The first-order chi connectivity index (χ1) is 16.9. The van der Waals surface area contributed by atoms with Crippen LogP contribution in [0, 0.1) is 5.92 Å². The first kappa shape index (κ1) is 35.1. The lowest BCUT2D eigenvalue weighted by molar-refractivity contribution is 0.118. The summed E-state index contributed by atoms with van der Waals surface area (Å²) in [4.78, 5) is 12.6. The van der Waals surface area contributed by atoms with Crippen LogP contribution < -0.4 is 0 Å². The van der Waals surface area contributed by atoms with Gasteiger partial charge in [0.05, 0.1) is 13.2 Å². The van der Waals surface area contributed by atoms with Gasteiger partial charge in [0.25, 0.3) is 0 Å². The summed E-state index contributed by atoms with van der Waals surface area (Å²) in [6, 6.07) is 0. The number of unbranched alkanes of at least 4 members (excludes halogenated alkanes) is 16. The third-order valence-electron chi connectivity index (χ3n) is 6.75. The molecule has 0 spiro atoms. The Morgan fingerprint density at radius 2 is 1.03 bits per heavy atom. The molecule has 1 N–H and O–H groups in total. The minimum atomic E-state index is -3.95. The highest BCUT2D eigenvalue weighted by Crippen LogP contribution is 2.43. The van der Waals surface area contributed by atoms with Crippen molar-refractivity contribution in [1.29, 1.82) is 0 Å². The van der Waals surface area contributed by atoms with E-state index < -0.39 is 7.82 Å². The van der Waals surface area contributed by atoms with E-state index >= 15 is 0 Å². The second-order valence-electron chi connectivity index (χ2n) is 10.7. The molecule has 0 heterocycles. The minimum Gasteiger partial charge on any atom is -0.303 e. The second-order valence-corrected chi connectivity index (χ2v) is 12.1. The number of phosphoric ester groups is 1. The third-order valence-corrected chi connectivity index (χ3v) is 7.73. The quantitative estimate of drug-likeness (QED) is 0.0823. The molecule has 35 heavy (non-hydrogen) atoms. The molecule has 0 radical (unpaired) electrons. The van der Waals surface area contributed by atoms with Gasteiger partial charge in [-0.25, -0.2) is 4.57 Å². The van der Waals surface area contributed by atoms with Crippen molar-refractivity contribution in [2.45, 2.75) is 150 Å². The van der Waals surface area contributed by atoms with E-state index in [0.29, 0.717) is 6.61 Å². The van der Waals surface area contributed by atoms with Gasteiger partial charge >= 0.3 is 7.82 Å². The molecule has 2 atom stereocenters. The first-order valence-corrected chi connectivity index (χ1v) is 16.8. The monoisotopic (exact) mass is 519 g/mol. The van der Waals surface area contributed by atoms with E-state index in [9.17, 15) is 9.46 Å². The number of rotatable bonds is 28. The number of phosphoric acid groups is 1. The summed E-state index contributed by atoms with van der Waals surface area (Å²) in [7, 11) is -3.95. The molecule has 0 aromatic rings. The largest absolute Gasteiger partial charge is 0.472 e. The maximum absolute atomic E-state index is 12.3. The predicted molar refractivity (Wildman–Crippen MR) is 152 cm³/mol. The van der Waals surface area contributed by atoms with Crippen LogP contribution in [-0.2, 0) is 13.6 Å². The normalized spacial score (nSPS) is 14.5. The van der Waals surface area contributed by atoms with Crippen molar-refractivity contribution in [1.82, 2.24) is 4.90 Å². The standard InChI is InChI=1S/C29H62NO4P/c1-5-8-11-14-17-20-23-26-33-35(31,32)34-28-29(4)27-30(24-21-18-15-12-9-6-2)25-22-19-16-13-10-7-3/h29H,5-28H2,1-4H3,(H,31,32). The van der Waals surface area contributed by atoms with Crippen LogP contribution in [0.4, 0.5) is 0 Å². The Bertz CT molecular complexity index is 462. The van der Waals surface area contributed by atoms with Gasteiger partial charge in [-0.1, -0.05) is 130 Å². The van der Waals surface area contributed by atoms with E-state index in [4.69, 9.17) is 9.05 Å². The molecular weight excluding hydrogens is 457 g/mol. The lowest BCUT2D eigenvalue weighted by atomic mass is 10.1. The molecule has 0 aromatic heterocycles. The Balaban J connectivity index is 4.20. The van der Waals surface area contributed by atoms with E-state index in [1.54, 1.807) is 0 Å². The van der Waals surface area contributed by atoms with E-state index in [0.717, 1.165) is 32.5 Å². The van der Waals surface area contributed by atoms with Gasteiger partial charge in [0.15, 0.2) is 0 Å². The highest BCUT2D eigenvalue weighted by molar-refractivity contribution is 7.47. The summed E-state index contributed by atoms with van der Waals surface area (Å²) in [6.45, 7) is 12.6. The molecule has 5 nitrogen and oxygen atoms in total. The minimum absolute atomic E-state index is 0.206. The molecule has 0 aromatic carbocycles. The third kappa shape index (κ3) is 25.5. The number of hydrogen-bond donors (Lipinski definition) is 1. The molecule has 0 bridgehead atoms. The summed E-state index contributed by atoms with van der Waals surface area (Å²) < 4.78 is 22.8. The number of nitrogens with zero attached hydrogens (tertiary/aromatic N) is 1. The van der Waals surface area contributed by atoms with E-state index in [1.165, 1.54) is 109 Å². The molecule has 6 heteroatoms. The van der Waals surface area contributed by atoms with Crippen molar-refractivity contribution in [3.63, 3.8) is 0 Å². The summed E-state index contributed by atoms with van der Waals surface area (Å²) in [5, 5.41) is 0. The molecule has 0 saturated heterocycles. The van der Waals surface area contributed by atoms with Crippen LogP contribution in [0.1, 0.15) is 150 Å². The summed E-state index contributed by atoms with van der Waals surface area (Å²) >= 11 is 0. The van der Waals surface area contributed by atoms with Gasteiger partial charge in [0.1, 0.15) is 0 Å². The van der Waals surface area contributed by atoms with E-state index in [1.807, 2.05) is 0 Å². The van der Waals surface area contributed by atoms with Crippen molar-refractivity contribution in [3.05, 3.63) is 0 Å². The Hall–Kier alpha value is 0.0700.